The topological polar surface area (TPSA) is 195 Å². The Balaban J connectivity index is 1.90. The highest BCUT2D eigenvalue weighted by Gasteiger charge is 2.53. The number of esters is 2. The Labute approximate surface area is 209 Å². The van der Waals surface area contributed by atoms with E-state index in [9.17, 15) is 39.3 Å². The first-order valence-electron chi connectivity index (χ1n) is 10.8. The minimum atomic E-state index is -2.00. The van der Waals surface area contributed by atoms with E-state index in [2.05, 4.69) is 5.32 Å². The Hall–Kier alpha value is -4.49. The van der Waals surface area contributed by atoms with Crippen LogP contribution in [0.25, 0.3) is 11.1 Å². The van der Waals surface area contributed by atoms with E-state index in [0.29, 0.717) is 11.1 Å². The summed E-state index contributed by atoms with van der Waals surface area (Å²) in [5.41, 5.74) is 0.724. The Kier molecular flexibility index (Phi) is 8.42. The number of aliphatic hydroxyl groups excluding tert-OH is 1. The van der Waals surface area contributed by atoms with E-state index in [1.165, 1.54) is 12.1 Å². The van der Waals surface area contributed by atoms with Gasteiger partial charge in [-0.05, 0) is 17.7 Å². The quantitative estimate of drug-likeness (QED) is 0.307. The fraction of sp³-hybridized carbons (Fsp3) is 0.292. The van der Waals surface area contributed by atoms with Gasteiger partial charge in [0.25, 0.3) is 0 Å². The van der Waals surface area contributed by atoms with Crippen LogP contribution in [0.4, 0.5) is 10.5 Å². The maximum absolute atomic E-state index is 12.8. The SMILES string of the molecule is CC(=O)O[C@H]1[C@H](OC(=O)Nc2ccccc2-c2ccccc2C(=O)O)O[C@H](C(=O)O)[C@@H](O)[C@@H]1OC(C)=O. The fourth-order valence-electron chi connectivity index (χ4n) is 3.74. The van der Waals surface area contributed by atoms with Gasteiger partial charge < -0.3 is 34.3 Å². The lowest BCUT2D eigenvalue weighted by molar-refractivity contribution is -0.284. The average molecular weight is 517 g/mol. The number of hydrogen-bond donors (Lipinski definition) is 4. The number of carboxylic acid groups (broad SMARTS) is 2. The Morgan fingerprint density at radius 2 is 1.38 bits per heavy atom. The normalized spacial score (nSPS) is 22.8. The van der Waals surface area contributed by atoms with Crippen molar-refractivity contribution < 1.29 is 58.2 Å². The summed E-state index contributed by atoms with van der Waals surface area (Å²) in [5.74, 6) is -4.70. The van der Waals surface area contributed by atoms with Crippen LogP contribution in [-0.2, 0) is 33.3 Å². The molecule has 196 valence electrons. The van der Waals surface area contributed by atoms with Crippen molar-refractivity contribution in [3.63, 3.8) is 0 Å². The van der Waals surface area contributed by atoms with Crippen molar-refractivity contribution in [2.45, 2.75) is 44.6 Å². The minimum absolute atomic E-state index is 0.0295. The molecule has 0 saturated carbocycles. The van der Waals surface area contributed by atoms with E-state index in [4.69, 9.17) is 18.9 Å². The molecule has 2 aromatic rings. The lowest BCUT2D eigenvalue weighted by Gasteiger charge is -2.41. The summed E-state index contributed by atoms with van der Waals surface area (Å²) >= 11 is 0. The molecule has 1 fully saturated rings. The Morgan fingerprint density at radius 3 is 1.97 bits per heavy atom. The van der Waals surface area contributed by atoms with Gasteiger partial charge in [-0.25, -0.2) is 14.4 Å². The maximum Gasteiger partial charge on any atom is 0.414 e. The molecule has 2 aromatic carbocycles. The van der Waals surface area contributed by atoms with Gasteiger partial charge in [-0.15, -0.1) is 0 Å². The second-order valence-electron chi connectivity index (χ2n) is 7.83. The Bertz CT molecular complexity index is 1210. The zero-order valence-electron chi connectivity index (χ0n) is 19.5. The zero-order chi connectivity index (χ0) is 27.3. The molecule has 4 N–H and O–H groups in total. The van der Waals surface area contributed by atoms with E-state index in [1.54, 1.807) is 36.4 Å². The van der Waals surface area contributed by atoms with Gasteiger partial charge in [0.1, 0.15) is 6.10 Å². The lowest BCUT2D eigenvalue weighted by atomic mass is 9.98. The van der Waals surface area contributed by atoms with Crippen LogP contribution < -0.4 is 5.32 Å². The largest absolute Gasteiger partial charge is 0.479 e. The second kappa shape index (κ2) is 11.5. The number of carbonyl (C=O) groups is 5. The van der Waals surface area contributed by atoms with E-state index in [-0.39, 0.29) is 11.3 Å². The number of para-hydroxylation sites is 1. The average Bonchev–Trinajstić information content (AvgIpc) is 2.82. The number of hydrogen-bond acceptors (Lipinski definition) is 10. The molecular weight excluding hydrogens is 494 g/mol. The summed E-state index contributed by atoms with van der Waals surface area (Å²) in [4.78, 5) is 59.3. The number of nitrogens with one attached hydrogen (secondary N) is 1. The van der Waals surface area contributed by atoms with Crippen LogP contribution in [0.2, 0.25) is 0 Å². The molecular formula is C24H23NO12. The summed E-state index contributed by atoms with van der Waals surface area (Å²) in [6.07, 6.45) is -10.5. The van der Waals surface area contributed by atoms with Gasteiger partial charge in [-0.1, -0.05) is 36.4 Å². The highest BCUT2D eigenvalue weighted by molar-refractivity contribution is 6.00. The smallest absolute Gasteiger partial charge is 0.414 e. The van der Waals surface area contributed by atoms with Crippen LogP contribution in [0, 0.1) is 0 Å². The monoisotopic (exact) mass is 517 g/mol. The number of ether oxygens (including phenoxy) is 4. The van der Waals surface area contributed by atoms with E-state index >= 15 is 0 Å². The van der Waals surface area contributed by atoms with Gasteiger partial charge in [0.15, 0.2) is 12.2 Å². The van der Waals surface area contributed by atoms with Crippen molar-refractivity contribution in [2.24, 2.45) is 0 Å². The summed E-state index contributed by atoms with van der Waals surface area (Å²) < 4.78 is 20.4. The third kappa shape index (κ3) is 6.39. The van der Waals surface area contributed by atoms with Crippen LogP contribution in [0.3, 0.4) is 0 Å². The number of carbonyl (C=O) groups excluding carboxylic acids is 3. The summed E-state index contributed by atoms with van der Waals surface area (Å²) in [6, 6.07) is 12.3. The number of aromatic carboxylic acids is 1. The molecule has 1 amide bonds. The number of carboxylic acids is 2. The van der Waals surface area contributed by atoms with Crippen molar-refractivity contribution in [1.29, 1.82) is 0 Å². The molecule has 13 heteroatoms. The van der Waals surface area contributed by atoms with Crippen LogP contribution in [-0.4, -0.2) is 76.0 Å². The van der Waals surface area contributed by atoms with Crippen LogP contribution >= 0.6 is 0 Å². The van der Waals surface area contributed by atoms with Crippen molar-refractivity contribution in [3.05, 3.63) is 54.1 Å². The maximum atomic E-state index is 12.8. The number of rotatable bonds is 7. The first-order chi connectivity index (χ1) is 17.5. The molecule has 1 heterocycles. The number of aliphatic hydroxyl groups is 1. The van der Waals surface area contributed by atoms with Crippen molar-refractivity contribution >= 4 is 35.7 Å². The summed E-state index contributed by atoms with van der Waals surface area (Å²) in [7, 11) is 0. The third-order valence-corrected chi connectivity index (χ3v) is 5.20. The zero-order valence-corrected chi connectivity index (χ0v) is 19.5. The van der Waals surface area contributed by atoms with Crippen LogP contribution in [0.1, 0.15) is 24.2 Å². The molecule has 1 saturated heterocycles. The second-order valence-corrected chi connectivity index (χ2v) is 7.83. The minimum Gasteiger partial charge on any atom is -0.479 e. The molecule has 0 aromatic heterocycles. The van der Waals surface area contributed by atoms with Gasteiger partial charge in [0, 0.05) is 19.4 Å². The van der Waals surface area contributed by atoms with Crippen molar-refractivity contribution in [3.8, 4) is 11.1 Å². The molecule has 13 nitrogen and oxygen atoms in total. The number of benzene rings is 2. The number of aliphatic carboxylic acids is 1. The first kappa shape index (κ1) is 27.1. The lowest BCUT2D eigenvalue weighted by Crippen LogP contribution is -2.63. The highest BCUT2D eigenvalue weighted by atomic mass is 16.7. The summed E-state index contributed by atoms with van der Waals surface area (Å²) in [5, 5.41) is 31.7. The number of anilines is 1. The third-order valence-electron chi connectivity index (χ3n) is 5.20. The van der Waals surface area contributed by atoms with Gasteiger partial charge in [0.05, 0.1) is 11.3 Å². The van der Waals surface area contributed by atoms with E-state index in [1.807, 2.05) is 0 Å². The van der Waals surface area contributed by atoms with Gasteiger partial charge in [-0.3, -0.25) is 14.9 Å². The molecule has 0 spiro atoms. The first-order valence-corrected chi connectivity index (χ1v) is 10.8. The van der Waals surface area contributed by atoms with Crippen molar-refractivity contribution in [2.75, 3.05) is 5.32 Å². The molecule has 0 unspecified atom stereocenters. The van der Waals surface area contributed by atoms with Crippen LogP contribution in [0.5, 0.6) is 0 Å². The molecule has 3 rings (SSSR count). The van der Waals surface area contributed by atoms with Gasteiger partial charge in [0.2, 0.25) is 12.4 Å². The predicted molar refractivity (Wildman–Crippen MR) is 122 cm³/mol. The summed E-state index contributed by atoms with van der Waals surface area (Å²) in [6.45, 7) is 1.98. The van der Waals surface area contributed by atoms with Crippen LogP contribution in [0.15, 0.2) is 48.5 Å². The van der Waals surface area contributed by atoms with E-state index < -0.39 is 60.7 Å². The molecule has 5 atom stereocenters. The molecule has 0 aliphatic carbocycles. The molecule has 0 radical (unpaired) electrons. The molecule has 1 aliphatic rings. The molecule has 37 heavy (non-hydrogen) atoms. The van der Waals surface area contributed by atoms with Gasteiger partial charge in [-0.2, -0.15) is 0 Å². The number of amides is 1. The van der Waals surface area contributed by atoms with E-state index in [0.717, 1.165) is 13.8 Å². The fourth-order valence-corrected chi connectivity index (χ4v) is 3.74. The molecule has 1 aliphatic heterocycles. The predicted octanol–water partition coefficient (Wildman–Crippen LogP) is 1.63. The molecule has 0 bridgehead atoms. The van der Waals surface area contributed by atoms with Gasteiger partial charge >= 0.3 is 30.0 Å². The van der Waals surface area contributed by atoms with Crippen molar-refractivity contribution in [1.82, 2.24) is 0 Å². The Morgan fingerprint density at radius 1 is 0.811 bits per heavy atom. The highest BCUT2D eigenvalue weighted by Crippen LogP contribution is 2.32. The standard InChI is InChI=1S/C24H23NO12/c1-11(26)34-18-17(28)19(22(31)32)36-23(20(18)35-12(2)27)37-24(33)25-16-10-6-5-8-14(16)13-7-3-4-9-15(13)21(29)30/h3-10,17-20,23,28H,1-2H3,(H,25,33)(H,29,30)(H,31,32)/t17-,18-,19-,20+,23-/m0/s1.